The number of para-hydroxylation sites is 1. The summed E-state index contributed by atoms with van der Waals surface area (Å²) in [6.45, 7) is 7.66. The van der Waals surface area contributed by atoms with Gasteiger partial charge in [-0.15, -0.1) is 11.3 Å². The Morgan fingerprint density at radius 2 is 1.43 bits per heavy atom. The third-order valence-corrected chi connectivity index (χ3v) is 6.91. The molecule has 0 N–H and O–H groups in total. The van der Waals surface area contributed by atoms with Crippen LogP contribution in [0.25, 0.3) is 10.2 Å². The molecule has 8 heteroatoms. The molecule has 1 aromatic heterocycles. The second-order valence-corrected chi connectivity index (χ2v) is 8.16. The zero-order valence-corrected chi connectivity index (χ0v) is 15.4. The van der Waals surface area contributed by atoms with Gasteiger partial charge in [-0.25, -0.2) is 13.6 Å². The number of benzene rings is 1. The zero-order chi connectivity index (χ0) is 15.7. The quantitative estimate of drug-likeness (QED) is 0.606. The fourth-order valence-corrected chi connectivity index (χ4v) is 5.06. The average Bonchev–Trinajstić information content (AvgIpc) is 3.11. The number of morpholine rings is 2. The van der Waals surface area contributed by atoms with Crippen LogP contribution in [0.3, 0.4) is 0 Å². The predicted octanol–water partition coefficient (Wildman–Crippen LogP) is 3.16. The van der Waals surface area contributed by atoms with E-state index >= 15 is 0 Å². The molecule has 3 heterocycles. The van der Waals surface area contributed by atoms with Crippen molar-refractivity contribution in [2.75, 3.05) is 52.6 Å². The first-order chi connectivity index (χ1) is 11.4. The van der Waals surface area contributed by atoms with Crippen molar-refractivity contribution in [2.45, 2.75) is 0 Å². The number of fused-ring (bicyclic) bond motifs is 1. The van der Waals surface area contributed by atoms with Crippen LogP contribution >= 0.6 is 33.3 Å². The lowest BCUT2D eigenvalue weighted by molar-refractivity contribution is 0.0761. The number of nitrogens with zero attached hydrogens (tertiary/aromatic N) is 3. The molecule has 0 saturated carbocycles. The van der Waals surface area contributed by atoms with Gasteiger partial charge in [0.25, 0.3) is 0 Å². The van der Waals surface area contributed by atoms with Crippen LogP contribution in [0.2, 0.25) is 0 Å². The van der Waals surface area contributed by atoms with Gasteiger partial charge in [-0.1, -0.05) is 12.1 Å². The molecule has 2 saturated heterocycles. The van der Waals surface area contributed by atoms with Gasteiger partial charge < -0.3 is 9.47 Å². The second-order valence-electron chi connectivity index (χ2n) is 5.05. The van der Waals surface area contributed by atoms with Gasteiger partial charge in [0.2, 0.25) is 0 Å². The molecule has 0 atom stereocenters. The molecule has 126 valence electrons. The maximum atomic E-state index is 5.29. The Balaban J connectivity index is 0.000000149. The molecule has 23 heavy (non-hydrogen) atoms. The second kappa shape index (κ2) is 9.83. The smallest absolute Gasteiger partial charge is 0.0812 e. The zero-order valence-electron chi connectivity index (χ0n) is 12.9. The van der Waals surface area contributed by atoms with Gasteiger partial charge in [0.15, 0.2) is 0 Å². The number of rotatable bonds is 3. The maximum absolute atomic E-state index is 5.29. The van der Waals surface area contributed by atoms with Crippen molar-refractivity contribution >= 4 is 43.5 Å². The minimum absolute atomic E-state index is 0.872. The lowest BCUT2D eigenvalue weighted by Crippen LogP contribution is -2.33. The van der Waals surface area contributed by atoms with Crippen molar-refractivity contribution in [3.05, 3.63) is 29.8 Å². The summed E-state index contributed by atoms with van der Waals surface area (Å²) in [5, 5.41) is 0. The molecule has 2 aliphatic heterocycles. The Morgan fingerprint density at radius 1 is 0.870 bits per heavy atom. The summed E-state index contributed by atoms with van der Waals surface area (Å²) in [6, 6.07) is 8.13. The van der Waals surface area contributed by atoms with E-state index in [1.807, 2.05) is 45.7 Å². The highest BCUT2D eigenvalue weighted by Gasteiger charge is 2.15. The van der Waals surface area contributed by atoms with Crippen molar-refractivity contribution in [1.82, 2.24) is 13.6 Å². The third-order valence-electron chi connectivity index (χ3n) is 3.42. The normalized spacial score (nSPS) is 20.2. The van der Waals surface area contributed by atoms with Crippen LogP contribution in [0.15, 0.2) is 29.8 Å². The molecule has 0 spiro atoms. The first kappa shape index (κ1) is 17.5. The third kappa shape index (κ3) is 5.90. The Hall–Kier alpha value is -0.350. The molecule has 0 unspecified atom stereocenters. The van der Waals surface area contributed by atoms with E-state index in [0.717, 1.165) is 58.1 Å². The number of aromatic nitrogens is 1. The summed E-state index contributed by atoms with van der Waals surface area (Å²) < 4.78 is 16.6. The van der Waals surface area contributed by atoms with Crippen molar-refractivity contribution in [3.63, 3.8) is 0 Å². The Kier molecular flexibility index (Phi) is 7.47. The monoisotopic (exact) mass is 371 g/mol. The van der Waals surface area contributed by atoms with Gasteiger partial charge in [0.05, 0.1) is 42.2 Å². The Labute approximate surface area is 149 Å². The summed E-state index contributed by atoms with van der Waals surface area (Å²) in [7, 11) is 3.69. The van der Waals surface area contributed by atoms with E-state index < -0.39 is 0 Å². The van der Waals surface area contributed by atoms with E-state index in [0.29, 0.717) is 0 Å². The summed E-state index contributed by atoms with van der Waals surface area (Å²) >= 11 is 1.68. The van der Waals surface area contributed by atoms with Gasteiger partial charge in [-0.3, -0.25) is 0 Å². The molecule has 2 fully saturated rings. The summed E-state index contributed by atoms with van der Waals surface area (Å²) in [4.78, 5) is 4.14. The average molecular weight is 372 g/mol. The first-order valence-corrected chi connectivity index (χ1v) is 10.6. The van der Waals surface area contributed by atoms with Crippen LogP contribution in [0.4, 0.5) is 0 Å². The van der Waals surface area contributed by atoms with Crippen molar-refractivity contribution in [1.29, 1.82) is 0 Å². The van der Waals surface area contributed by atoms with Crippen LogP contribution in [-0.4, -0.2) is 66.2 Å². The minimum Gasteiger partial charge on any atom is -0.379 e. The van der Waals surface area contributed by atoms with Gasteiger partial charge in [-0.2, -0.15) is 0 Å². The van der Waals surface area contributed by atoms with E-state index in [2.05, 4.69) is 19.7 Å². The standard InChI is InChI=1S/C8H16N2O2S2.C7H5NS/c1-5-11-6-2-9(1)13-14-10-3-7-12-8-4-10;1-2-4-7-6(3-1)8-5-9-7/h1-8H2;1-5H. The van der Waals surface area contributed by atoms with Gasteiger partial charge in [-0.05, 0) is 12.1 Å². The van der Waals surface area contributed by atoms with E-state index in [1.54, 1.807) is 11.3 Å². The molecule has 4 rings (SSSR count). The fourth-order valence-electron chi connectivity index (χ4n) is 2.14. The lowest BCUT2D eigenvalue weighted by atomic mass is 10.3. The van der Waals surface area contributed by atoms with Crippen molar-refractivity contribution in [2.24, 2.45) is 0 Å². The van der Waals surface area contributed by atoms with Crippen LogP contribution in [0.5, 0.6) is 0 Å². The molecular formula is C15H21N3O2S3. The maximum Gasteiger partial charge on any atom is 0.0812 e. The number of thiazole rings is 1. The minimum atomic E-state index is 0.872. The Morgan fingerprint density at radius 3 is 2.00 bits per heavy atom. The summed E-state index contributed by atoms with van der Waals surface area (Å²) in [5.74, 6) is 0. The molecule has 1 aromatic carbocycles. The molecule has 5 nitrogen and oxygen atoms in total. The van der Waals surface area contributed by atoms with Crippen LogP contribution < -0.4 is 0 Å². The molecule has 0 radical (unpaired) electrons. The van der Waals surface area contributed by atoms with E-state index in [9.17, 15) is 0 Å². The highest BCUT2D eigenvalue weighted by molar-refractivity contribution is 8.74. The number of hydrogen-bond acceptors (Lipinski definition) is 8. The van der Waals surface area contributed by atoms with Crippen LogP contribution in [0.1, 0.15) is 0 Å². The fraction of sp³-hybridized carbons (Fsp3) is 0.533. The van der Waals surface area contributed by atoms with E-state index in [1.165, 1.54) is 4.70 Å². The number of hydrogen-bond donors (Lipinski definition) is 0. The molecular weight excluding hydrogens is 350 g/mol. The Bertz CT molecular complexity index is 524. The molecule has 2 aliphatic rings. The number of ether oxygens (including phenoxy) is 2. The van der Waals surface area contributed by atoms with Crippen molar-refractivity contribution < 1.29 is 9.47 Å². The molecule has 0 amide bonds. The molecule has 0 bridgehead atoms. The topological polar surface area (TPSA) is 37.8 Å². The van der Waals surface area contributed by atoms with Gasteiger partial charge >= 0.3 is 0 Å². The summed E-state index contributed by atoms with van der Waals surface area (Å²) in [6.07, 6.45) is 0. The lowest BCUT2D eigenvalue weighted by Gasteiger charge is -2.29. The van der Waals surface area contributed by atoms with Gasteiger partial charge in [0.1, 0.15) is 0 Å². The predicted molar refractivity (Wildman–Crippen MR) is 99.6 cm³/mol. The summed E-state index contributed by atoms with van der Waals surface area (Å²) in [5.41, 5.74) is 2.97. The van der Waals surface area contributed by atoms with E-state index in [-0.39, 0.29) is 0 Å². The van der Waals surface area contributed by atoms with Crippen molar-refractivity contribution in [3.8, 4) is 0 Å². The molecule has 0 aliphatic carbocycles. The van der Waals surface area contributed by atoms with Gasteiger partial charge in [0, 0.05) is 48.1 Å². The largest absolute Gasteiger partial charge is 0.379 e. The highest BCUT2D eigenvalue weighted by Crippen LogP contribution is 2.30. The SMILES string of the molecule is C1CN(SSN2CCOCC2)CCO1.c1ccc2scnc2c1. The van der Waals surface area contributed by atoms with Crippen LogP contribution in [-0.2, 0) is 9.47 Å². The van der Waals surface area contributed by atoms with E-state index in [4.69, 9.17) is 9.47 Å². The molecule has 2 aromatic rings. The highest BCUT2D eigenvalue weighted by atomic mass is 33.1. The van der Waals surface area contributed by atoms with Crippen LogP contribution in [0, 0.1) is 0 Å². The first-order valence-electron chi connectivity index (χ1n) is 7.70.